The smallest absolute Gasteiger partial charge is 0.133 e. The van der Waals surface area contributed by atoms with Gasteiger partial charge in [-0.2, -0.15) is 0 Å². The summed E-state index contributed by atoms with van der Waals surface area (Å²) in [5.41, 5.74) is 1.12. The predicted octanol–water partition coefficient (Wildman–Crippen LogP) is 4.30. The van der Waals surface area contributed by atoms with E-state index in [0.717, 1.165) is 10.7 Å². The Balaban J connectivity index is 2.33. The first kappa shape index (κ1) is 9.87. The average Bonchev–Trinajstić information content (AvgIpc) is 2.70. The third-order valence-electron chi connectivity index (χ3n) is 2.03. The molecule has 0 unspecified atom stereocenters. The van der Waals surface area contributed by atoms with Gasteiger partial charge in [0.2, 0.25) is 0 Å². The highest BCUT2D eigenvalue weighted by Crippen LogP contribution is 2.33. The minimum absolute atomic E-state index is 0.620. The van der Waals surface area contributed by atoms with Crippen LogP contribution in [-0.4, -0.2) is 4.98 Å². The summed E-state index contributed by atoms with van der Waals surface area (Å²) < 4.78 is 0. The standard InChI is InChI=1S/C11H13NS2/c1-7(2)9-4-5-10(14-9)11-12-8(3)6-13-11/h4-7H,1-3H3. The van der Waals surface area contributed by atoms with Crippen LogP contribution >= 0.6 is 22.7 Å². The molecule has 2 rings (SSSR count). The highest BCUT2D eigenvalue weighted by molar-refractivity contribution is 7.21. The summed E-state index contributed by atoms with van der Waals surface area (Å²) >= 11 is 3.58. The quantitative estimate of drug-likeness (QED) is 0.739. The fraction of sp³-hybridized carbons (Fsp3) is 0.364. The number of hydrogen-bond acceptors (Lipinski definition) is 3. The van der Waals surface area contributed by atoms with Crippen molar-refractivity contribution >= 4 is 22.7 Å². The van der Waals surface area contributed by atoms with Crippen LogP contribution in [0.2, 0.25) is 0 Å². The van der Waals surface area contributed by atoms with E-state index in [1.807, 2.05) is 18.3 Å². The van der Waals surface area contributed by atoms with Gasteiger partial charge in [-0.3, -0.25) is 0 Å². The van der Waals surface area contributed by atoms with Gasteiger partial charge in [0.15, 0.2) is 0 Å². The maximum absolute atomic E-state index is 4.48. The van der Waals surface area contributed by atoms with E-state index in [1.165, 1.54) is 9.75 Å². The van der Waals surface area contributed by atoms with Gasteiger partial charge >= 0.3 is 0 Å². The molecular weight excluding hydrogens is 210 g/mol. The van der Waals surface area contributed by atoms with Gasteiger partial charge in [-0.05, 0) is 25.0 Å². The first-order valence-corrected chi connectivity index (χ1v) is 6.38. The van der Waals surface area contributed by atoms with Crippen molar-refractivity contribution in [1.29, 1.82) is 0 Å². The van der Waals surface area contributed by atoms with Crippen LogP contribution < -0.4 is 0 Å². The van der Waals surface area contributed by atoms with Crippen LogP contribution in [0.1, 0.15) is 30.3 Å². The lowest BCUT2D eigenvalue weighted by Gasteiger charge is -1.97. The lowest BCUT2D eigenvalue weighted by molar-refractivity contribution is 0.890. The van der Waals surface area contributed by atoms with Crippen molar-refractivity contribution in [3.63, 3.8) is 0 Å². The zero-order chi connectivity index (χ0) is 10.1. The molecule has 0 spiro atoms. The van der Waals surface area contributed by atoms with Gasteiger partial charge in [-0.1, -0.05) is 13.8 Å². The summed E-state index contributed by atoms with van der Waals surface area (Å²) in [4.78, 5) is 7.22. The second kappa shape index (κ2) is 3.83. The highest BCUT2D eigenvalue weighted by Gasteiger charge is 2.07. The number of aryl methyl sites for hydroxylation is 1. The number of thiazole rings is 1. The van der Waals surface area contributed by atoms with Crippen LogP contribution in [-0.2, 0) is 0 Å². The van der Waals surface area contributed by atoms with E-state index in [2.05, 4.69) is 36.3 Å². The average molecular weight is 223 g/mol. The topological polar surface area (TPSA) is 12.9 Å². The third kappa shape index (κ3) is 1.88. The van der Waals surface area contributed by atoms with Crippen molar-refractivity contribution < 1.29 is 0 Å². The monoisotopic (exact) mass is 223 g/mol. The van der Waals surface area contributed by atoms with E-state index in [9.17, 15) is 0 Å². The van der Waals surface area contributed by atoms with Crippen LogP contribution in [0, 0.1) is 6.92 Å². The normalized spacial score (nSPS) is 11.1. The first-order chi connectivity index (χ1) is 6.66. The number of thiophene rings is 1. The lowest BCUT2D eigenvalue weighted by Crippen LogP contribution is -1.77. The Morgan fingerprint density at radius 1 is 1.29 bits per heavy atom. The zero-order valence-corrected chi connectivity index (χ0v) is 10.2. The molecule has 0 amide bonds. The van der Waals surface area contributed by atoms with Crippen LogP contribution in [0.15, 0.2) is 17.5 Å². The molecule has 0 N–H and O–H groups in total. The molecule has 0 aromatic carbocycles. The van der Waals surface area contributed by atoms with Crippen molar-refractivity contribution in [1.82, 2.24) is 4.98 Å². The summed E-state index contributed by atoms with van der Waals surface area (Å²) in [5.74, 6) is 0.620. The SMILES string of the molecule is Cc1csc(-c2ccc(C(C)C)s2)n1. The molecular formula is C11H13NS2. The molecule has 3 heteroatoms. The Morgan fingerprint density at radius 2 is 2.07 bits per heavy atom. The molecule has 74 valence electrons. The van der Waals surface area contributed by atoms with Crippen LogP contribution in [0.25, 0.3) is 9.88 Å². The van der Waals surface area contributed by atoms with Gasteiger partial charge < -0.3 is 0 Å². The number of nitrogens with zero attached hydrogens (tertiary/aromatic N) is 1. The lowest BCUT2D eigenvalue weighted by atomic mass is 10.2. The van der Waals surface area contributed by atoms with Gasteiger partial charge in [-0.15, -0.1) is 22.7 Å². The highest BCUT2D eigenvalue weighted by atomic mass is 32.1. The first-order valence-electron chi connectivity index (χ1n) is 4.69. The molecule has 0 aliphatic heterocycles. The predicted molar refractivity (Wildman–Crippen MR) is 64.3 cm³/mol. The van der Waals surface area contributed by atoms with Crippen molar-refractivity contribution in [2.75, 3.05) is 0 Å². The van der Waals surface area contributed by atoms with Crippen LogP contribution in [0.3, 0.4) is 0 Å². The van der Waals surface area contributed by atoms with E-state index in [0.29, 0.717) is 5.92 Å². The molecule has 1 nitrogen and oxygen atoms in total. The fourth-order valence-corrected chi connectivity index (χ4v) is 3.13. The molecule has 0 aliphatic rings. The van der Waals surface area contributed by atoms with Crippen LogP contribution in [0.5, 0.6) is 0 Å². The summed E-state index contributed by atoms with van der Waals surface area (Å²) in [7, 11) is 0. The Morgan fingerprint density at radius 3 is 2.57 bits per heavy atom. The largest absolute Gasteiger partial charge is 0.241 e. The molecule has 0 saturated carbocycles. The Bertz CT molecular complexity index is 426. The molecule has 2 aromatic rings. The molecule has 0 radical (unpaired) electrons. The van der Waals surface area contributed by atoms with E-state index >= 15 is 0 Å². The van der Waals surface area contributed by atoms with E-state index in [1.54, 1.807) is 11.3 Å². The maximum Gasteiger partial charge on any atom is 0.133 e. The molecule has 0 fully saturated rings. The second-order valence-corrected chi connectivity index (χ2v) is 5.62. The Labute approximate surface area is 92.4 Å². The minimum atomic E-state index is 0.620. The minimum Gasteiger partial charge on any atom is -0.241 e. The summed E-state index contributed by atoms with van der Waals surface area (Å²) in [6.07, 6.45) is 0. The van der Waals surface area contributed by atoms with E-state index < -0.39 is 0 Å². The van der Waals surface area contributed by atoms with Gasteiger partial charge in [0.25, 0.3) is 0 Å². The maximum atomic E-state index is 4.48. The molecule has 2 aromatic heterocycles. The Kier molecular flexibility index (Phi) is 2.70. The summed E-state index contributed by atoms with van der Waals surface area (Å²) in [6, 6.07) is 4.39. The zero-order valence-electron chi connectivity index (χ0n) is 8.57. The molecule has 2 heterocycles. The molecule has 0 bridgehead atoms. The number of aromatic nitrogens is 1. The van der Waals surface area contributed by atoms with Crippen molar-refractivity contribution in [3.05, 3.63) is 28.1 Å². The number of hydrogen-bond donors (Lipinski definition) is 0. The molecule has 14 heavy (non-hydrogen) atoms. The molecule has 0 atom stereocenters. The van der Waals surface area contributed by atoms with Crippen LogP contribution in [0.4, 0.5) is 0 Å². The van der Waals surface area contributed by atoms with Crippen molar-refractivity contribution in [2.24, 2.45) is 0 Å². The third-order valence-corrected chi connectivity index (χ3v) is 4.54. The Hall–Kier alpha value is -0.670. The summed E-state index contributed by atoms with van der Waals surface area (Å²) in [6.45, 7) is 6.49. The van der Waals surface area contributed by atoms with Gasteiger partial charge in [0.05, 0.1) is 4.88 Å². The summed E-state index contributed by atoms with van der Waals surface area (Å²) in [5, 5.41) is 3.25. The fourth-order valence-electron chi connectivity index (χ4n) is 1.25. The van der Waals surface area contributed by atoms with Gasteiger partial charge in [0, 0.05) is 16.0 Å². The second-order valence-electron chi connectivity index (χ2n) is 3.65. The van der Waals surface area contributed by atoms with Gasteiger partial charge in [0.1, 0.15) is 5.01 Å². The number of rotatable bonds is 2. The van der Waals surface area contributed by atoms with E-state index in [4.69, 9.17) is 0 Å². The molecule has 0 aliphatic carbocycles. The van der Waals surface area contributed by atoms with E-state index in [-0.39, 0.29) is 0 Å². The van der Waals surface area contributed by atoms with Gasteiger partial charge in [-0.25, -0.2) is 4.98 Å². The molecule has 0 saturated heterocycles. The van der Waals surface area contributed by atoms with Crippen molar-refractivity contribution in [2.45, 2.75) is 26.7 Å². The van der Waals surface area contributed by atoms with Crippen molar-refractivity contribution in [3.8, 4) is 9.88 Å².